The van der Waals surface area contributed by atoms with Gasteiger partial charge in [0, 0.05) is 31.7 Å². The van der Waals surface area contributed by atoms with E-state index in [1.807, 2.05) is 7.05 Å². The van der Waals surface area contributed by atoms with Gasteiger partial charge >= 0.3 is 0 Å². The molecule has 3 nitrogen and oxygen atoms in total. The largest absolute Gasteiger partial charge is 0.384 e. The van der Waals surface area contributed by atoms with Crippen LogP contribution >= 0.6 is 0 Å². The normalized spacial score (nSPS) is 23.6. The summed E-state index contributed by atoms with van der Waals surface area (Å²) in [6, 6.07) is 0.728. The predicted octanol–water partition coefficient (Wildman–Crippen LogP) is 1.34. The first-order valence-electron chi connectivity index (χ1n) is 5.96. The first-order valence-corrected chi connectivity index (χ1v) is 5.96. The third kappa shape index (κ3) is 4.09. The van der Waals surface area contributed by atoms with Crippen LogP contribution in [0.5, 0.6) is 0 Å². The summed E-state index contributed by atoms with van der Waals surface area (Å²) in [5.74, 6) is 0. The lowest BCUT2D eigenvalue weighted by atomic mass is 9.93. The van der Waals surface area contributed by atoms with Crippen molar-refractivity contribution in [3.05, 3.63) is 0 Å². The van der Waals surface area contributed by atoms with Crippen LogP contribution in [-0.2, 0) is 4.74 Å². The molecular weight excluding hydrogens is 188 g/mol. The van der Waals surface area contributed by atoms with Gasteiger partial charge in [-0.2, -0.15) is 0 Å². The van der Waals surface area contributed by atoms with E-state index >= 15 is 0 Å². The van der Waals surface area contributed by atoms with E-state index in [-0.39, 0.29) is 5.41 Å². The standard InChI is InChI=1S/C12H26N2O/c1-12(2,10-15-4)9-14-7-5-6-11(14)8-13-3/h11,13H,5-10H2,1-4H3. The number of nitrogens with one attached hydrogen (secondary N) is 1. The van der Waals surface area contributed by atoms with Crippen LogP contribution in [0.1, 0.15) is 26.7 Å². The lowest BCUT2D eigenvalue weighted by molar-refractivity contribution is 0.0657. The molecule has 1 aliphatic heterocycles. The van der Waals surface area contributed by atoms with Gasteiger partial charge in [-0.25, -0.2) is 0 Å². The van der Waals surface area contributed by atoms with Crippen molar-refractivity contribution >= 4 is 0 Å². The van der Waals surface area contributed by atoms with Gasteiger partial charge in [0.15, 0.2) is 0 Å². The molecule has 0 radical (unpaired) electrons. The first-order chi connectivity index (χ1) is 7.09. The Hall–Kier alpha value is -0.120. The van der Waals surface area contributed by atoms with E-state index in [0.29, 0.717) is 0 Å². The molecule has 1 unspecified atom stereocenters. The maximum Gasteiger partial charge on any atom is 0.0525 e. The predicted molar refractivity (Wildman–Crippen MR) is 64.2 cm³/mol. The summed E-state index contributed by atoms with van der Waals surface area (Å²) in [5, 5.41) is 3.28. The van der Waals surface area contributed by atoms with Crippen molar-refractivity contribution in [1.82, 2.24) is 10.2 Å². The minimum atomic E-state index is 0.269. The second kappa shape index (κ2) is 5.83. The third-order valence-electron chi connectivity index (χ3n) is 3.11. The van der Waals surface area contributed by atoms with Crippen LogP contribution in [-0.4, -0.2) is 51.3 Å². The number of likely N-dealkylation sites (tertiary alicyclic amines) is 1. The average Bonchev–Trinajstić information content (AvgIpc) is 2.52. The molecule has 3 heteroatoms. The van der Waals surface area contributed by atoms with Crippen molar-refractivity contribution in [2.45, 2.75) is 32.7 Å². The summed E-state index contributed by atoms with van der Waals surface area (Å²) < 4.78 is 5.27. The monoisotopic (exact) mass is 214 g/mol. The molecule has 90 valence electrons. The molecule has 1 N–H and O–H groups in total. The van der Waals surface area contributed by atoms with Crippen LogP contribution in [0.2, 0.25) is 0 Å². The molecule has 15 heavy (non-hydrogen) atoms. The lowest BCUT2D eigenvalue weighted by Crippen LogP contribution is -2.43. The molecule has 0 aromatic rings. The van der Waals surface area contributed by atoms with Crippen LogP contribution < -0.4 is 5.32 Å². The second-order valence-electron chi connectivity index (χ2n) is 5.42. The van der Waals surface area contributed by atoms with Gasteiger partial charge in [0.25, 0.3) is 0 Å². The molecule has 0 spiro atoms. The van der Waals surface area contributed by atoms with Gasteiger partial charge in [0.1, 0.15) is 0 Å². The van der Waals surface area contributed by atoms with E-state index in [1.54, 1.807) is 7.11 Å². The van der Waals surface area contributed by atoms with Crippen LogP contribution in [0.4, 0.5) is 0 Å². The highest BCUT2D eigenvalue weighted by molar-refractivity contribution is 4.84. The summed E-state index contributed by atoms with van der Waals surface area (Å²) in [5.41, 5.74) is 0.269. The van der Waals surface area contributed by atoms with Crippen LogP contribution in [0.25, 0.3) is 0 Å². The molecule has 1 rings (SSSR count). The molecule has 0 aromatic carbocycles. The Balaban J connectivity index is 2.42. The quantitative estimate of drug-likeness (QED) is 0.722. The van der Waals surface area contributed by atoms with E-state index in [2.05, 4.69) is 24.1 Å². The van der Waals surface area contributed by atoms with E-state index in [1.165, 1.54) is 19.4 Å². The highest BCUT2D eigenvalue weighted by Gasteiger charge is 2.29. The number of methoxy groups -OCH3 is 1. The zero-order valence-electron chi connectivity index (χ0n) is 10.7. The Morgan fingerprint density at radius 2 is 2.20 bits per heavy atom. The van der Waals surface area contributed by atoms with Gasteiger partial charge in [0.2, 0.25) is 0 Å². The fraction of sp³-hybridized carbons (Fsp3) is 1.00. The minimum absolute atomic E-state index is 0.269. The number of hydrogen-bond acceptors (Lipinski definition) is 3. The van der Waals surface area contributed by atoms with Gasteiger partial charge in [-0.15, -0.1) is 0 Å². The molecule has 1 aliphatic rings. The lowest BCUT2D eigenvalue weighted by Gasteiger charge is -2.33. The summed E-state index contributed by atoms with van der Waals surface area (Å²) in [4.78, 5) is 2.61. The number of rotatable bonds is 6. The van der Waals surface area contributed by atoms with Crippen molar-refractivity contribution < 1.29 is 4.74 Å². The average molecular weight is 214 g/mol. The smallest absolute Gasteiger partial charge is 0.0525 e. The number of nitrogens with zero attached hydrogens (tertiary/aromatic N) is 1. The second-order valence-corrected chi connectivity index (χ2v) is 5.42. The maximum absolute atomic E-state index is 5.27. The fourth-order valence-electron chi connectivity index (χ4n) is 2.56. The minimum Gasteiger partial charge on any atom is -0.384 e. The molecule has 1 atom stereocenters. The Bertz CT molecular complexity index is 182. The first kappa shape index (κ1) is 12.9. The molecule has 0 amide bonds. The van der Waals surface area contributed by atoms with Gasteiger partial charge in [-0.1, -0.05) is 13.8 Å². The molecule has 0 saturated carbocycles. The Morgan fingerprint density at radius 1 is 1.47 bits per heavy atom. The molecule has 1 heterocycles. The zero-order chi connectivity index (χ0) is 11.3. The number of ether oxygens (including phenoxy) is 1. The number of likely N-dealkylation sites (N-methyl/N-ethyl adjacent to an activating group) is 1. The van der Waals surface area contributed by atoms with Gasteiger partial charge in [0.05, 0.1) is 6.61 Å². The molecule has 0 aliphatic carbocycles. The fourth-order valence-corrected chi connectivity index (χ4v) is 2.56. The van der Waals surface area contributed by atoms with Crippen molar-refractivity contribution in [3.63, 3.8) is 0 Å². The SMILES string of the molecule is CNCC1CCCN1CC(C)(C)COC. The Morgan fingerprint density at radius 3 is 2.80 bits per heavy atom. The van der Waals surface area contributed by atoms with Crippen LogP contribution in [0.15, 0.2) is 0 Å². The topological polar surface area (TPSA) is 24.5 Å². The van der Waals surface area contributed by atoms with Crippen molar-refractivity contribution in [2.24, 2.45) is 5.41 Å². The van der Waals surface area contributed by atoms with E-state index in [4.69, 9.17) is 4.74 Å². The van der Waals surface area contributed by atoms with Crippen molar-refractivity contribution in [3.8, 4) is 0 Å². The van der Waals surface area contributed by atoms with Gasteiger partial charge < -0.3 is 10.1 Å². The Kier molecular flexibility index (Phi) is 5.03. The summed E-state index contributed by atoms with van der Waals surface area (Å²) in [6.45, 7) is 8.92. The van der Waals surface area contributed by atoms with E-state index < -0.39 is 0 Å². The molecule has 1 fully saturated rings. The molecule has 1 saturated heterocycles. The molecule has 0 aromatic heterocycles. The van der Waals surface area contributed by atoms with Crippen molar-refractivity contribution in [1.29, 1.82) is 0 Å². The highest BCUT2D eigenvalue weighted by atomic mass is 16.5. The van der Waals surface area contributed by atoms with E-state index in [9.17, 15) is 0 Å². The maximum atomic E-state index is 5.27. The summed E-state index contributed by atoms with van der Waals surface area (Å²) in [7, 11) is 3.83. The third-order valence-corrected chi connectivity index (χ3v) is 3.11. The molecular formula is C12H26N2O. The summed E-state index contributed by atoms with van der Waals surface area (Å²) in [6.07, 6.45) is 2.68. The zero-order valence-corrected chi connectivity index (χ0v) is 10.7. The van der Waals surface area contributed by atoms with Crippen LogP contribution in [0.3, 0.4) is 0 Å². The molecule has 0 bridgehead atoms. The van der Waals surface area contributed by atoms with Gasteiger partial charge in [-0.3, -0.25) is 4.90 Å². The van der Waals surface area contributed by atoms with Crippen LogP contribution in [0, 0.1) is 5.41 Å². The summed E-state index contributed by atoms with van der Waals surface area (Å²) >= 11 is 0. The highest BCUT2D eigenvalue weighted by Crippen LogP contribution is 2.24. The van der Waals surface area contributed by atoms with E-state index in [0.717, 1.165) is 25.7 Å². The Labute approximate surface area is 94.2 Å². The van der Waals surface area contributed by atoms with Gasteiger partial charge in [-0.05, 0) is 26.4 Å². The number of hydrogen-bond donors (Lipinski definition) is 1. The van der Waals surface area contributed by atoms with Crippen molar-refractivity contribution in [2.75, 3.05) is 40.4 Å².